The van der Waals surface area contributed by atoms with Crippen LogP contribution in [0.2, 0.25) is 0 Å². The maximum absolute atomic E-state index is 10.3. The van der Waals surface area contributed by atoms with Gasteiger partial charge in [-0.3, -0.25) is 4.55 Å². The summed E-state index contributed by atoms with van der Waals surface area (Å²) < 4.78 is 29.1. The van der Waals surface area contributed by atoms with Gasteiger partial charge in [0.25, 0.3) is 10.1 Å². The Morgan fingerprint density at radius 1 is 1.43 bits per heavy atom. The quantitative estimate of drug-likeness (QED) is 0.413. The fourth-order valence-electron chi connectivity index (χ4n) is 0.884. The minimum Gasteiger partial charge on any atom is -0.326 e. The smallest absolute Gasteiger partial charge is 0.264 e. The molecule has 0 aliphatic carbocycles. The molecule has 14 heavy (non-hydrogen) atoms. The molecule has 0 aromatic heterocycles. The maximum atomic E-state index is 10.3. The Balaban J connectivity index is 3.39. The van der Waals surface area contributed by atoms with Crippen molar-refractivity contribution in [2.45, 2.75) is 26.3 Å². The van der Waals surface area contributed by atoms with Crippen molar-refractivity contribution in [2.75, 3.05) is 18.8 Å². The van der Waals surface area contributed by atoms with Gasteiger partial charge in [-0.05, 0) is 18.9 Å². The molecule has 0 saturated carbocycles. The molecule has 0 amide bonds. The lowest BCUT2D eigenvalue weighted by Crippen LogP contribution is -2.38. The van der Waals surface area contributed by atoms with Crippen molar-refractivity contribution in [1.29, 1.82) is 0 Å². The molecule has 0 rings (SSSR count). The Bertz CT molecular complexity index is 239. The van der Waals surface area contributed by atoms with E-state index < -0.39 is 10.1 Å². The van der Waals surface area contributed by atoms with E-state index in [1.807, 2.05) is 13.8 Å². The monoisotopic (exact) mass is 224 g/mol. The first-order valence-corrected chi connectivity index (χ1v) is 6.35. The Morgan fingerprint density at radius 3 is 2.43 bits per heavy atom. The van der Waals surface area contributed by atoms with Gasteiger partial charge in [0.05, 0.1) is 5.75 Å². The molecule has 0 radical (unpaired) electrons. The van der Waals surface area contributed by atoms with Crippen LogP contribution < -0.4 is 11.1 Å². The lowest BCUT2D eigenvalue weighted by molar-refractivity contribution is 0.454. The second kappa shape index (κ2) is 6.34. The van der Waals surface area contributed by atoms with Crippen LogP contribution in [0.25, 0.3) is 0 Å². The number of hydrogen-bond acceptors (Lipinski definition) is 4. The summed E-state index contributed by atoms with van der Waals surface area (Å²) in [4.78, 5) is 0. The van der Waals surface area contributed by atoms with E-state index in [-0.39, 0.29) is 11.8 Å². The van der Waals surface area contributed by atoms with Gasteiger partial charge in [0, 0.05) is 12.6 Å². The first-order chi connectivity index (χ1) is 6.33. The third-order valence-corrected chi connectivity index (χ3v) is 2.80. The molecular weight excluding hydrogens is 204 g/mol. The minimum absolute atomic E-state index is 0.0840. The molecule has 0 aliphatic rings. The predicted octanol–water partition coefficient (Wildman–Crippen LogP) is -0.163. The van der Waals surface area contributed by atoms with Crippen molar-refractivity contribution in [3.05, 3.63) is 0 Å². The van der Waals surface area contributed by atoms with Crippen molar-refractivity contribution >= 4 is 10.1 Å². The molecule has 5 nitrogen and oxygen atoms in total. The summed E-state index contributed by atoms with van der Waals surface area (Å²) in [6.07, 6.45) is 0.406. The molecule has 0 aromatic rings. The Hall–Kier alpha value is -0.170. The average molecular weight is 224 g/mol. The van der Waals surface area contributed by atoms with Crippen LogP contribution in [-0.2, 0) is 10.1 Å². The van der Waals surface area contributed by atoms with E-state index in [1.54, 1.807) is 0 Å². The molecule has 0 saturated heterocycles. The number of nitrogens with two attached hydrogens (primary N) is 1. The summed E-state index contributed by atoms with van der Waals surface area (Å²) in [5.41, 5.74) is 5.75. The Kier molecular flexibility index (Phi) is 6.26. The van der Waals surface area contributed by atoms with E-state index >= 15 is 0 Å². The fourth-order valence-corrected chi connectivity index (χ4v) is 1.39. The van der Waals surface area contributed by atoms with E-state index in [0.717, 1.165) is 0 Å². The van der Waals surface area contributed by atoms with Crippen molar-refractivity contribution in [3.8, 4) is 0 Å². The van der Waals surface area contributed by atoms with Gasteiger partial charge >= 0.3 is 0 Å². The van der Waals surface area contributed by atoms with E-state index in [2.05, 4.69) is 5.32 Å². The molecule has 0 fully saturated rings. The molecule has 0 aromatic carbocycles. The summed E-state index contributed by atoms with van der Waals surface area (Å²) in [5.74, 6) is 0.209. The summed E-state index contributed by atoms with van der Waals surface area (Å²) in [6.45, 7) is 5.29. The van der Waals surface area contributed by atoms with Gasteiger partial charge in [-0.25, -0.2) is 0 Å². The Morgan fingerprint density at radius 2 is 2.00 bits per heavy atom. The first-order valence-electron chi connectivity index (χ1n) is 4.74. The van der Waals surface area contributed by atoms with Gasteiger partial charge < -0.3 is 11.1 Å². The highest BCUT2D eigenvalue weighted by molar-refractivity contribution is 7.85. The predicted molar refractivity (Wildman–Crippen MR) is 56.7 cm³/mol. The molecule has 4 N–H and O–H groups in total. The van der Waals surface area contributed by atoms with Gasteiger partial charge in [-0.2, -0.15) is 8.42 Å². The highest BCUT2D eigenvalue weighted by Gasteiger charge is 2.07. The van der Waals surface area contributed by atoms with Crippen LogP contribution in [0.5, 0.6) is 0 Å². The first kappa shape index (κ1) is 13.8. The van der Waals surface area contributed by atoms with E-state index in [9.17, 15) is 8.42 Å². The lowest BCUT2D eigenvalue weighted by Gasteiger charge is -2.15. The molecular formula is C8H20N2O3S. The summed E-state index contributed by atoms with van der Waals surface area (Å²) in [6, 6.07) is 0.0840. The Labute approximate surface area is 85.8 Å². The van der Waals surface area contributed by atoms with Crippen LogP contribution >= 0.6 is 0 Å². The summed E-state index contributed by atoms with van der Waals surface area (Å²) in [7, 11) is -3.81. The molecule has 0 aliphatic heterocycles. The second-order valence-corrected chi connectivity index (χ2v) is 5.32. The van der Waals surface area contributed by atoms with Crippen molar-refractivity contribution in [3.63, 3.8) is 0 Å². The third-order valence-electron chi connectivity index (χ3n) is 1.99. The fraction of sp³-hybridized carbons (Fsp3) is 1.00. The third kappa shape index (κ3) is 8.43. The average Bonchev–Trinajstić information content (AvgIpc) is 2.01. The zero-order valence-corrected chi connectivity index (χ0v) is 9.55. The van der Waals surface area contributed by atoms with Gasteiger partial charge in [0.15, 0.2) is 0 Å². The standard InChI is InChI=1S/C8H20N2O3S/c1-7(2)8(9)6-10-4-3-5-14(11,12)13/h7-8,10H,3-6,9H2,1-2H3,(H,11,12,13). The van der Waals surface area contributed by atoms with Crippen LogP contribution in [0, 0.1) is 5.92 Å². The summed E-state index contributed by atoms with van der Waals surface area (Å²) in [5, 5.41) is 3.04. The van der Waals surface area contributed by atoms with E-state index in [0.29, 0.717) is 25.4 Å². The van der Waals surface area contributed by atoms with E-state index in [1.165, 1.54) is 0 Å². The largest absolute Gasteiger partial charge is 0.326 e. The topological polar surface area (TPSA) is 92.4 Å². The SMILES string of the molecule is CC(C)C(N)CNCCCS(=O)(=O)O. The zero-order valence-electron chi connectivity index (χ0n) is 8.73. The highest BCUT2D eigenvalue weighted by Crippen LogP contribution is 1.96. The normalized spacial score (nSPS) is 14.6. The number of hydrogen-bond donors (Lipinski definition) is 3. The van der Waals surface area contributed by atoms with Crippen LogP contribution in [0.3, 0.4) is 0 Å². The van der Waals surface area contributed by atoms with Crippen molar-refractivity contribution in [1.82, 2.24) is 5.32 Å². The van der Waals surface area contributed by atoms with Gasteiger partial charge in [0.1, 0.15) is 0 Å². The molecule has 0 spiro atoms. The molecule has 6 heteroatoms. The van der Waals surface area contributed by atoms with Crippen molar-refractivity contribution < 1.29 is 13.0 Å². The van der Waals surface area contributed by atoms with Crippen LogP contribution in [0.15, 0.2) is 0 Å². The zero-order chi connectivity index (χ0) is 11.2. The molecule has 0 heterocycles. The van der Waals surface area contributed by atoms with Crippen LogP contribution in [0.4, 0.5) is 0 Å². The van der Waals surface area contributed by atoms with Crippen LogP contribution in [-0.4, -0.2) is 37.9 Å². The van der Waals surface area contributed by atoms with E-state index in [4.69, 9.17) is 10.3 Å². The maximum Gasteiger partial charge on any atom is 0.264 e. The van der Waals surface area contributed by atoms with Crippen LogP contribution in [0.1, 0.15) is 20.3 Å². The number of nitrogens with one attached hydrogen (secondary N) is 1. The highest BCUT2D eigenvalue weighted by atomic mass is 32.2. The van der Waals surface area contributed by atoms with Gasteiger partial charge in [0.2, 0.25) is 0 Å². The lowest BCUT2D eigenvalue weighted by atomic mass is 10.1. The van der Waals surface area contributed by atoms with Gasteiger partial charge in [-0.15, -0.1) is 0 Å². The second-order valence-electron chi connectivity index (χ2n) is 3.75. The molecule has 1 atom stereocenters. The van der Waals surface area contributed by atoms with Crippen molar-refractivity contribution in [2.24, 2.45) is 11.7 Å². The summed E-state index contributed by atoms with van der Waals surface area (Å²) >= 11 is 0. The molecule has 86 valence electrons. The van der Waals surface area contributed by atoms with Gasteiger partial charge in [-0.1, -0.05) is 13.8 Å². The number of rotatable bonds is 7. The minimum atomic E-state index is -3.81. The molecule has 1 unspecified atom stereocenters. The molecule has 0 bridgehead atoms.